The van der Waals surface area contributed by atoms with E-state index in [-0.39, 0.29) is 5.56 Å². The topological polar surface area (TPSA) is 46.5 Å². The summed E-state index contributed by atoms with van der Waals surface area (Å²) < 4.78 is 53.2. The molecule has 0 saturated carbocycles. The van der Waals surface area contributed by atoms with Crippen molar-refractivity contribution in [3.63, 3.8) is 0 Å². The molecule has 1 aromatic rings. The van der Waals surface area contributed by atoms with Crippen LogP contribution >= 0.6 is 0 Å². The predicted molar refractivity (Wildman–Crippen MR) is 58.8 cm³/mol. The summed E-state index contributed by atoms with van der Waals surface area (Å²) in [5, 5.41) is 8.38. The second-order valence-corrected chi connectivity index (χ2v) is 3.63. The van der Waals surface area contributed by atoms with Gasteiger partial charge >= 0.3 is 12.1 Å². The van der Waals surface area contributed by atoms with Crippen molar-refractivity contribution in [1.29, 1.82) is 0 Å². The molecule has 0 heterocycles. The molecule has 0 bridgehead atoms. The Morgan fingerprint density at radius 3 is 2.58 bits per heavy atom. The number of carbonyl (C=O) groups is 1. The molecular formula is C12H10F4O3. The van der Waals surface area contributed by atoms with Crippen molar-refractivity contribution < 1.29 is 32.2 Å². The summed E-state index contributed by atoms with van der Waals surface area (Å²) in [6, 6.07) is 3.65. The molecule has 0 aliphatic carbocycles. The van der Waals surface area contributed by atoms with E-state index in [0.29, 0.717) is 5.56 Å². The minimum absolute atomic E-state index is 0.0308. The van der Waals surface area contributed by atoms with Crippen LogP contribution in [-0.2, 0) is 16.1 Å². The van der Waals surface area contributed by atoms with Gasteiger partial charge in [0.15, 0.2) is 0 Å². The molecule has 104 valence electrons. The van der Waals surface area contributed by atoms with Crippen molar-refractivity contribution in [1.82, 2.24) is 0 Å². The average molecular weight is 278 g/mol. The maximum Gasteiger partial charge on any atom is 0.411 e. The van der Waals surface area contributed by atoms with Crippen LogP contribution < -0.4 is 0 Å². The number of carboxylic acids is 1. The molecule has 1 N–H and O–H groups in total. The Bertz CT molecular complexity index is 480. The highest BCUT2D eigenvalue weighted by Gasteiger charge is 2.27. The van der Waals surface area contributed by atoms with Gasteiger partial charge in [0.25, 0.3) is 0 Å². The zero-order chi connectivity index (χ0) is 14.5. The molecule has 0 aliphatic heterocycles. The molecule has 7 heteroatoms. The molecule has 1 rings (SSSR count). The zero-order valence-electron chi connectivity index (χ0n) is 9.58. The first-order valence-electron chi connectivity index (χ1n) is 5.12. The van der Waals surface area contributed by atoms with E-state index >= 15 is 0 Å². The fourth-order valence-electron chi connectivity index (χ4n) is 1.23. The lowest BCUT2D eigenvalue weighted by atomic mass is 10.1. The van der Waals surface area contributed by atoms with Gasteiger partial charge < -0.3 is 9.84 Å². The molecule has 0 unspecified atom stereocenters. The van der Waals surface area contributed by atoms with E-state index in [2.05, 4.69) is 4.74 Å². The lowest BCUT2D eigenvalue weighted by Gasteiger charge is -2.08. The van der Waals surface area contributed by atoms with E-state index in [0.717, 1.165) is 12.1 Å². The largest absolute Gasteiger partial charge is 0.478 e. The van der Waals surface area contributed by atoms with Gasteiger partial charge in [-0.25, -0.2) is 9.18 Å². The average Bonchev–Trinajstić information content (AvgIpc) is 2.27. The van der Waals surface area contributed by atoms with Crippen LogP contribution in [0.2, 0.25) is 0 Å². The zero-order valence-corrected chi connectivity index (χ0v) is 9.58. The van der Waals surface area contributed by atoms with Crippen molar-refractivity contribution >= 4 is 12.0 Å². The summed E-state index contributed by atoms with van der Waals surface area (Å²) in [7, 11) is 0. The molecule has 3 nitrogen and oxygen atoms in total. The smallest absolute Gasteiger partial charge is 0.411 e. The van der Waals surface area contributed by atoms with Crippen LogP contribution in [0.25, 0.3) is 6.08 Å². The Balaban J connectivity index is 2.65. The number of alkyl halides is 3. The highest BCUT2D eigenvalue weighted by molar-refractivity contribution is 5.85. The second kappa shape index (κ2) is 6.33. The highest BCUT2D eigenvalue weighted by atomic mass is 19.4. The maximum atomic E-state index is 13.5. The van der Waals surface area contributed by atoms with Crippen molar-refractivity contribution in [2.45, 2.75) is 12.8 Å². The van der Waals surface area contributed by atoms with E-state index in [9.17, 15) is 22.4 Å². The van der Waals surface area contributed by atoms with Gasteiger partial charge in [-0.3, -0.25) is 0 Å². The lowest BCUT2D eigenvalue weighted by Crippen LogP contribution is -2.16. The molecule has 0 spiro atoms. The number of rotatable bonds is 5. The Morgan fingerprint density at radius 2 is 2.05 bits per heavy atom. The summed E-state index contributed by atoms with van der Waals surface area (Å²) in [6.45, 7) is -1.96. The third-order valence-corrected chi connectivity index (χ3v) is 2.02. The number of halogens is 4. The van der Waals surface area contributed by atoms with Crippen LogP contribution in [0.4, 0.5) is 17.6 Å². The summed E-state index contributed by atoms with van der Waals surface area (Å²) >= 11 is 0. The van der Waals surface area contributed by atoms with Crippen LogP contribution in [0.5, 0.6) is 0 Å². The van der Waals surface area contributed by atoms with Gasteiger partial charge in [0, 0.05) is 11.6 Å². The van der Waals surface area contributed by atoms with Gasteiger partial charge in [-0.2, -0.15) is 13.2 Å². The van der Waals surface area contributed by atoms with Crippen molar-refractivity contribution in [3.8, 4) is 0 Å². The van der Waals surface area contributed by atoms with Gasteiger partial charge in [0.05, 0.1) is 6.61 Å². The SMILES string of the molecule is O=C(O)C=Cc1ccc(COCC(F)(F)F)c(F)c1. The monoisotopic (exact) mass is 278 g/mol. The minimum atomic E-state index is -4.46. The van der Waals surface area contributed by atoms with Gasteiger partial charge in [-0.05, 0) is 17.7 Å². The van der Waals surface area contributed by atoms with Crippen molar-refractivity contribution in [2.75, 3.05) is 6.61 Å². The Kier molecular flexibility index (Phi) is 5.05. The van der Waals surface area contributed by atoms with E-state index in [4.69, 9.17) is 5.11 Å². The molecule has 0 radical (unpaired) electrons. The Morgan fingerprint density at radius 1 is 1.37 bits per heavy atom. The van der Waals surface area contributed by atoms with E-state index in [1.807, 2.05) is 0 Å². The van der Waals surface area contributed by atoms with Crippen LogP contribution in [-0.4, -0.2) is 23.9 Å². The van der Waals surface area contributed by atoms with Gasteiger partial charge in [0.2, 0.25) is 0 Å². The second-order valence-electron chi connectivity index (χ2n) is 3.63. The van der Waals surface area contributed by atoms with E-state index < -0.39 is 31.2 Å². The maximum absolute atomic E-state index is 13.5. The fourth-order valence-corrected chi connectivity index (χ4v) is 1.23. The molecule has 0 aliphatic rings. The number of carboxylic acid groups (broad SMARTS) is 1. The number of aliphatic carboxylic acids is 1. The van der Waals surface area contributed by atoms with Crippen LogP contribution in [0, 0.1) is 5.82 Å². The normalized spacial score (nSPS) is 12.0. The van der Waals surface area contributed by atoms with Crippen LogP contribution in [0.3, 0.4) is 0 Å². The molecule has 0 saturated heterocycles. The Labute approximate surface area is 106 Å². The number of ether oxygens (including phenoxy) is 1. The number of benzene rings is 1. The van der Waals surface area contributed by atoms with Gasteiger partial charge in [-0.15, -0.1) is 0 Å². The third kappa shape index (κ3) is 6.01. The van der Waals surface area contributed by atoms with Gasteiger partial charge in [0.1, 0.15) is 12.4 Å². The quantitative estimate of drug-likeness (QED) is 0.665. The van der Waals surface area contributed by atoms with Crippen molar-refractivity contribution in [3.05, 3.63) is 41.2 Å². The predicted octanol–water partition coefficient (Wildman–Crippen LogP) is 3.00. The third-order valence-electron chi connectivity index (χ3n) is 2.02. The van der Waals surface area contributed by atoms with E-state index in [1.165, 1.54) is 18.2 Å². The summed E-state index contributed by atoms with van der Waals surface area (Å²) in [6.07, 6.45) is -2.46. The molecule has 0 fully saturated rings. The first-order chi connectivity index (χ1) is 8.78. The summed E-state index contributed by atoms with van der Waals surface area (Å²) in [5.41, 5.74) is 0.260. The summed E-state index contributed by atoms with van der Waals surface area (Å²) in [5.74, 6) is -1.94. The highest BCUT2D eigenvalue weighted by Crippen LogP contribution is 2.17. The van der Waals surface area contributed by atoms with Crippen LogP contribution in [0.1, 0.15) is 11.1 Å². The van der Waals surface area contributed by atoms with Crippen molar-refractivity contribution in [2.24, 2.45) is 0 Å². The fraction of sp³-hybridized carbons (Fsp3) is 0.250. The first kappa shape index (κ1) is 15.2. The minimum Gasteiger partial charge on any atom is -0.478 e. The standard InChI is InChI=1S/C12H10F4O3/c13-10-5-8(2-4-11(17)18)1-3-9(10)6-19-7-12(14,15)16/h1-5H,6-7H2,(H,17,18). The first-order valence-corrected chi connectivity index (χ1v) is 5.12. The molecular weight excluding hydrogens is 268 g/mol. The lowest BCUT2D eigenvalue weighted by molar-refractivity contribution is -0.176. The Hall–Kier alpha value is -1.89. The molecule has 0 atom stereocenters. The summed E-state index contributed by atoms with van der Waals surface area (Å²) in [4.78, 5) is 10.3. The number of hydrogen-bond donors (Lipinski definition) is 1. The number of hydrogen-bond acceptors (Lipinski definition) is 2. The van der Waals surface area contributed by atoms with Gasteiger partial charge in [-0.1, -0.05) is 12.1 Å². The van der Waals surface area contributed by atoms with Crippen LogP contribution in [0.15, 0.2) is 24.3 Å². The molecule has 1 aromatic carbocycles. The molecule has 0 amide bonds. The van der Waals surface area contributed by atoms with E-state index in [1.54, 1.807) is 0 Å². The molecule has 0 aromatic heterocycles. The molecule has 19 heavy (non-hydrogen) atoms.